The van der Waals surface area contributed by atoms with Crippen molar-refractivity contribution in [2.24, 2.45) is 0 Å². The predicted octanol–water partition coefficient (Wildman–Crippen LogP) is 10.1. The van der Waals surface area contributed by atoms with Crippen LogP contribution in [-0.2, 0) is 20.1 Å². The van der Waals surface area contributed by atoms with Crippen LogP contribution in [0.1, 0.15) is 89.4 Å². The second-order valence-corrected chi connectivity index (χ2v) is 19.6. The first-order valence-corrected chi connectivity index (χ1v) is 23.8. The zero-order valence-corrected chi connectivity index (χ0v) is 38.0. The molecule has 5 heterocycles. The molecule has 12 nitrogen and oxygen atoms in total. The number of benzene rings is 4. The number of fused-ring (bicyclic) bond motifs is 1. The van der Waals surface area contributed by atoms with Gasteiger partial charge in [-0.1, -0.05) is 59.9 Å². The van der Waals surface area contributed by atoms with E-state index in [1.165, 1.54) is 22.5 Å². The highest BCUT2D eigenvalue weighted by Crippen LogP contribution is 2.46. The van der Waals surface area contributed by atoms with Gasteiger partial charge in [0.25, 0.3) is 11.9 Å². The number of halogens is 1. The Morgan fingerprint density at radius 2 is 1.83 bits per heavy atom. The summed E-state index contributed by atoms with van der Waals surface area (Å²) in [5.74, 6) is 1.15. The van der Waals surface area contributed by atoms with E-state index < -0.39 is 6.04 Å². The fourth-order valence-electron chi connectivity index (χ4n) is 9.59. The number of rotatable bonds is 17. The SMILES string of the molecule is CC1(C)CC(Nc2cccc(-c3sc(C=O)c(OCC=O)c3Cl)c2)CCN1SCc1ccc2oc(N3CCC(c4ccc5c6c(cccc46)C(=O)N5C(C=O)CCC=O)CC3)nc2c1. The smallest absolute Gasteiger partial charge is 0.298 e. The minimum absolute atomic E-state index is 0.0715. The summed E-state index contributed by atoms with van der Waals surface area (Å²) in [4.78, 5) is 69.0. The van der Waals surface area contributed by atoms with Crippen LogP contribution in [0.3, 0.4) is 0 Å². The van der Waals surface area contributed by atoms with Gasteiger partial charge in [-0.3, -0.25) is 19.3 Å². The van der Waals surface area contributed by atoms with E-state index in [-0.39, 0.29) is 42.2 Å². The Balaban J connectivity index is 0.805. The summed E-state index contributed by atoms with van der Waals surface area (Å²) in [6.45, 7) is 6.88. The number of ether oxygens (including phenoxy) is 1. The maximum atomic E-state index is 13.5. The Morgan fingerprint density at radius 1 is 1.00 bits per heavy atom. The molecular formula is C49H48ClN5O7S2. The number of carbonyl (C=O) groups is 5. The van der Waals surface area contributed by atoms with Crippen LogP contribution in [0.5, 0.6) is 5.75 Å². The van der Waals surface area contributed by atoms with E-state index in [2.05, 4.69) is 52.6 Å². The molecule has 0 radical (unpaired) electrons. The highest BCUT2D eigenvalue weighted by Gasteiger charge is 2.37. The van der Waals surface area contributed by atoms with Gasteiger partial charge in [0.15, 0.2) is 23.9 Å². The molecule has 15 heteroatoms. The Kier molecular flexibility index (Phi) is 12.6. The number of oxazole rings is 1. The van der Waals surface area contributed by atoms with Gasteiger partial charge in [-0.25, -0.2) is 4.31 Å². The molecule has 6 aromatic rings. The molecule has 4 aromatic carbocycles. The van der Waals surface area contributed by atoms with Crippen molar-refractivity contribution in [3.8, 4) is 16.2 Å². The van der Waals surface area contributed by atoms with Gasteiger partial charge in [0, 0.05) is 60.0 Å². The zero-order chi connectivity index (χ0) is 44.5. The summed E-state index contributed by atoms with van der Waals surface area (Å²) in [5.41, 5.74) is 7.11. The number of nitrogens with zero attached hydrogens (tertiary/aromatic N) is 4. The van der Waals surface area contributed by atoms with E-state index in [9.17, 15) is 24.0 Å². The maximum absolute atomic E-state index is 13.5. The molecule has 1 N–H and O–H groups in total. The van der Waals surface area contributed by atoms with Crippen LogP contribution in [0.2, 0.25) is 5.02 Å². The number of hydrogen-bond acceptors (Lipinski definition) is 13. The molecule has 330 valence electrons. The van der Waals surface area contributed by atoms with Crippen LogP contribution in [-0.4, -0.2) is 84.2 Å². The summed E-state index contributed by atoms with van der Waals surface area (Å²) in [6.07, 6.45) is 7.11. The molecule has 3 aliphatic rings. The molecule has 0 saturated carbocycles. The van der Waals surface area contributed by atoms with Crippen LogP contribution in [0, 0.1) is 0 Å². The molecule has 64 heavy (non-hydrogen) atoms. The van der Waals surface area contributed by atoms with Crippen molar-refractivity contribution in [1.29, 1.82) is 0 Å². The van der Waals surface area contributed by atoms with Gasteiger partial charge in [-0.2, -0.15) is 4.98 Å². The van der Waals surface area contributed by atoms with E-state index in [0.717, 1.165) is 107 Å². The minimum atomic E-state index is -0.682. The Hall–Kier alpha value is -5.54. The average Bonchev–Trinajstić information content (AvgIpc) is 3.97. The quantitative estimate of drug-likeness (QED) is 0.0687. The van der Waals surface area contributed by atoms with Gasteiger partial charge in [0.1, 0.15) is 34.6 Å². The second kappa shape index (κ2) is 18.5. The molecule has 2 aromatic heterocycles. The molecule has 0 aliphatic carbocycles. The summed E-state index contributed by atoms with van der Waals surface area (Å²) in [5, 5.41) is 6.00. The summed E-state index contributed by atoms with van der Waals surface area (Å²) < 4.78 is 14.3. The van der Waals surface area contributed by atoms with Crippen molar-refractivity contribution < 1.29 is 33.1 Å². The number of aromatic nitrogens is 1. The third kappa shape index (κ3) is 8.44. The lowest BCUT2D eigenvalue weighted by Gasteiger charge is -2.45. The summed E-state index contributed by atoms with van der Waals surface area (Å²) >= 11 is 9.73. The number of amides is 1. The molecule has 0 spiro atoms. The van der Waals surface area contributed by atoms with Crippen LogP contribution in [0.25, 0.3) is 32.3 Å². The first kappa shape index (κ1) is 43.7. The van der Waals surface area contributed by atoms with E-state index in [0.29, 0.717) is 40.5 Å². The fraction of sp³-hybridized carbons (Fsp3) is 0.347. The fourth-order valence-corrected chi connectivity index (χ4v) is 12.1. The Bertz CT molecular complexity index is 2760. The monoisotopic (exact) mass is 917 g/mol. The first-order chi connectivity index (χ1) is 31.1. The van der Waals surface area contributed by atoms with Crippen molar-refractivity contribution in [3.63, 3.8) is 0 Å². The second-order valence-electron chi connectivity index (χ2n) is 17.2. The Labute approximate surface area is 384 Å². The number of aldehydes is 4. The summed E-state index contributed by atoms with van der Waals surface area (Å²) in [7, 11) is 0. The van der Waals surface area contributed by atoms with Crippen LogP contribution in [0.15, 0.2) is 77.2 Å². The molecule has 2 fully saturated rings. The van der Waals surface area contributed by atoms with Crippen molar-refractivity contribution >= 4 is 105 Å². The largest absolute Gasteiger partial charge is 0.483 e. The Morgan fingerprint density at radius 3 is 2.59 bits per heavy atom. The molecule has 2 atom stereocenters. The maximum Gasteiger partial charge on any atom is 0.298 e. The van der Waals surface area contributed by atoms with Gasteiger partial charge in [0.2, 0.25) is 0 Å². The van der Waals surface area contributed by atoms with E-state index in [1.54, 1.807) is 4.90 Å². The van der Waals surface area contributed by atoms with Crippen molar-refractivity contribution in [2.75, 3.05) is 41.4 Å². The van der Waals surface area contributed by atoms with Gasteiger partial charge in [0.05, 0.1) is 16.6 Å². The van der Waals surface area contributed by atoms with Crippen LogP contribution in [0.4, 0.5) is 17.4 Å². The number of piperidine rings is 2. The predicted molar refractivity (Wildman–Crippen MR) is 255 cm³/mol. The van der Waals surface area contributed by atoms with Crippen molar-refractivity contribution in [3.05, 3.63) is 99.4 Å². The summed E-state index contributed by atoms with van der Waals surface area (Å²) in [6, 6.07) is 24.4. The minimum Gasteiger partial charge on any atom is -0.483 e. The number of thiophene rings is 1. The van der Waals surface area contributed by atoms with Gasteiger partial charge in [-0.15, -0.1) is 11.3 Å². The molecule has 3 aliphatic heterocycles. The molecule has 2 unspecified atom stereocenters. The number of nitrogens with one attached hydrogen (secondary N) is 1. The lowest BCUT2D eigenvalue weighted by atomic mass is 9.85. The normalized spacial score (nSPS) is 18.1. The number of hydrogen-bond donors (Lipinski definition) is 1. The van der Waals surface area contributed by atoms with E-state index in [4.69, 9.17) is 25.7 Å². The van der Waals surface area contributed by atoms with Gasteiger partial charge >= 0.3 is 0 Å². The standard InChI is InChI=1S/C49H48ClN5O7S2/c1-49(2)26-34(51-33-7-3-6-32(25-33)46-44(50)45(61-23-22-57)42(28-59)64-46)17-20-54(49)63-29-30-11-14-41-39(24-30)52-48(62-41)53-18-15-31(16-19-53)36-12-13-40-43-37(36)9-4-10-38(43)47(60)55(40)35(27-58)8-5-21-56/h3-4,6-7,9-14,21-22,24-25,27-28,31,34-35,51H,5,8,15-20,23,26,29H2,1-2H3. The lowest BCUT2D eigenvalue weighted by Crippen LogP contribution is -2.49. The topological polar surface area (TPSA) is 142 Å². The third-order valence-electron chi connectivity index (χ3n) is 12.7. The van der Waals surface area contributed by atoms with Gasteiger partial charge in [-0.05, 0) is 110 Å². The highest BCUT2D eigenvalue weighted by molar-refractivity contribution is 7.96. The molecular weight excluding hydrogens is 870 g/mol. The zero-order valence-electron chi connectivity index (χ0n) is 35.6. The van der Waals surface area contributed by atoms with E-state index in [1.807, 2.05) is 60.5 Å². The average molecular weight is 919 g/mol. The number of anilines is 3. The third-order valence-corrected chi connectivity index (χ3v) is 15.8. The molecule has 2 saturated heterocycles. The number of carbonyl (C=O) groups excluding carboxylic acids is 5. The van der Waals surface area contributed by atoms with Crippen molar-refractivity contribution in [1.82, 2.24) is 9.29 Å². The lowest BCUT2D eigenvalue weighted by molar-refractivity contribution is -0.110. The molecule has 0 bridgehead atoms. The van der Waals surface area contributed by atoms with Crippen LogP contribution < -0.4 is 19.9 Å². The first-order valence-electron chi connectivity index (χ1n) is 21.6. The van der Waals surface area contributed by atoms with Gasteiger partial charge < -0.3 is 29.0 Å². The highest BCUT2D eigenvalue weighted by atomic mass is 35.5. The van der Waals surface area contributed by atoms with E-state index >= 15 is 0 Å². The molecule has 9 rings (SSSR count). The van der Waals surface area contributed by atoms with Crippen LogP contribution >= 0.6 is 34.9 Å². The molecule has 1 amide bonds. The van der Waals surface area contributed by atoms with Crippen molar-refractivity contribution in [2.45, 2.75) is 81.7 Å².